The number of hydrogen-bond acceptors (Lipinski definition) is 7. The third-order valence-corrected chi connectivity index (χ3v) is 9.31. The van der Waals surface area contributed by atoms with Gasteiger partial charge in [-0.1, -0.05) is 39.2 Å². The first-order valence-corrected chi connectivity index (χ1v) is 16.1. The minimum Gasteiger partial charge on any atom is -0.463 e. The molecular weight excluding hydrogens is 591 g/mol. The zero-order valence-corrected chi connectivity index (χ0v) is 26.7. The second-order valence-corrected chi connectivity index (χ2v) is 12.4. The molecule has 0 radical (unpaired) electrons. The Morgan fingerprint density at radius 3 is 2.48 bits per heavy atom. The third kappa shape index (κ3) is 7.55. The fourth-order valence-corrected chi connectivity index (χ4v) is 6.35. The Labute approximate surface area is 268 Å². The van der Waals surface area contributed by atoms with E-state index in [4.69, 9.17) is 4.42 Å². The molecule has 0 spiro atoms. The van der Waals surface area contributed by atoms with Crippen molar-refractivity contribution in [2.75, 3.05) is 38.5 Å². The molecule has 4 amide bonds. The SMILES string of the molecule is CCC(=O)N[C@@H](C(=O)N1CCN(C)CC1)[C@@H](C)c1ccc(NC(=O)[C@@H](NC(=O)c2coc3ccncc23)C2CCCCC2)c(F)c1. The maximum atomic E-state index is 15.6. The summed E-state index contributed by atoms with van der Waals surface area (Å²) in [4.78, 5) is 60.9. The molecule has 12 heteroatoms. The molecular formula is C34H43FN6O5. The Bertz CT molecular complexity index is 1560. The molecule has 3 heterocycles. The van der Waals surface area contributed by atoms with Crippen LogP contribution in [0.3, 0.4) is 0 Å². The number of anilines is 1. The molecule has 2 aliphatic rings. The Morgan fingerprint density at radius 2 is 1.78 bits per heavy atom. The third-order valence-electron chi connectivity index (χ3n) is 9.31. The van der Waals surface area contributed by atoms with Crippen molar-refractivity contribution in [1.29, 1.82) is 0 Å². The van der Waals surface area contributed by atoms with Crippen LogP contribution >= 0.6 is 0 Å². The molecule has 3 atom stereocenters. The van der Waals surface area contributed by atoms with Crippen molar-refractivity contribution in [1.82, 2.24) is 25.4 Å². The van der Waals surface area contributed by atoms with E-state index >= 15 is 4.39 Å². The molecule has 0 unspecified atom stereocenters. The molecule has 3 aromatic rings. The first kappa shape index (κ1) is 33.1. The first-order valence-electron chi connectivity index (χ1n) is 16.1. The number of carbonyl (C=O) groups excluding carboxylic acids is 4. The number of benzene rings is 1. The standard InChI is InChI=1S/C34H43FN6O5/c1-4-29(42)38-30(34(45)41-16-14-40(3)15-17-41)21(2)23-10-11-27(26(35)18-23)37-33(44)31(22-8-6-5-7-9-22)39-32(43)25-20-46-28-12-13-36-19-24(25)28/h10-13,18-22,30-31H,4-9,14-17H2,1-3H3,(H,37,44)(H,38,42)(H,39,43)/t21-,30+,31-/m0/s1. The van der Waals surface area contributed by atoms with Crippen molar-refractivity contribution in [2.45, 2.75) is 70.4 Å². The molecule has 1 aromatic carbocycles. The molecule has 1 saturated carbocycles. The summed E-state index contributed by atoms with van der Waals surface area (Å²) in [6, 6.07) is 4.32. The van der Waals surface area contributed by atoms with Crippen LogP contribution in [0.4, 0.5) is 10.1 Å². The predicted octanol–water partition coefficient (Wildman–Crippen LogP) is 4.06. The second-order valence-electron chi connectivity index (χ2n) is 12.4. The maximum absolute atomic E-state index is 15.6. The van der Waals surface area contributed by atoms with Crippen molar-refractivity contribution in [3.63, 3.8) is 0 Å². The molecule has 46 heavy (non-hydrogen) atoms. The molecule has 0 bridgehead atoms. The summed E-state index contributed by atoms with van der Waals surface area (Å²) in [6.07, 6.45) is 9.12. The monoisotopic (exact) mass is 634 g/mol. The molecule has 2 fully saturated rings. The molecule has 5 rings (SSSR count). The maximum Gasteiger partial charge on any atom is 0.255 e. The average molecular weight is 635 g/mol. The van der Waals surface area contributed by atoms with E-state index in [1.54, 1.807) is 37.1 Å². The van der Waals surface area contributed by atoms with Gasteiger partial charge in [-0.2, -0.15) is 0 Å². The van der Waals surface area contributed by atoms with Gasteiger partial charge in [-0.3, -0.25) is 24.2 Å². The number of piperazine rings is 1. The highest BCUT2D eigenvalue weighted by Crippen LogP contribution is 2.30. The minimum absolute atomic E-state index is 0.0338. The van der Waals surface area contributed by atoms with Crippen LogP contribution < -0.4 is 16.0 Å². The molecule has 11 nitrogen and oxygen atoms in total. The number of hydrogen-bond donors (Lipinski definition) is 3. The summed E-state index contributed by atoms with van der Waals surface area (Å²) in [5, 5.41) is 8.97. The lowest BCUT2D eigenvalue weighted by Gasteiger charge is -2.36. The molecule has 3 N–H and O–H groups in total. The molecule has 2 aromatic heterocycles. The van der Waals surface area contributed by atoms with E-state index in [1.165, 1.54) is 24.6 Å². The lowest BCUT2D eigenvalue weighted by molar-refractivity contribution is -0.138. The normalized spacial score (nSPS) is 18.0. The quantitative estimate of drug-likeness (QED) is 0.306. The number of carbonyl (C=O) groups is 4. The van der Waals surface area contributed by atoms with Crippen LogP contribution in [-0.2, 0) is 14.4 Å². The van der Waals surface area contributed by atoms with Crippen LogP contribution in [0.25, 0.3) is 11.0 Å². The topological polar surface area (TPSA) is 137 Å². The summed E-state index contributed by atoms with van der Waals surface area (Å²) in [7, 11) is 1.99. The summed E-state index contributed by atoms with van der Waals surface area (Å²) < 4.78 is 21.1. The van der Waals surface area contributed by atoms with Crippen molar-refractivity contribution in [2.24, 2.45) is 5.92 Å². The van der Waals surface area contributed by atoms with E-state index in [-0.39, 0.29) is 35.4 Å². The van der Waals surface area contributed by atoms with Gasteiger partial charge in [0.25, 0.3) is 5.91 Å². The number of rotatable bonds is 10. The van der Waals surface area contributed by atoms with E-state index in [0.29, 0.717) is 29.6 Å². The largest absolute Gasteiger partial charge is 0.463 e. The van der Waals surface area contributed by atoms with Crippen LogP contribution in [0.5, 0.6) is 0 Å². The lowest BCUT2D eigenvalue weighted by atomic mass is 9.83. The minimum atomic E-state index is -0.887. The van der Waals surface area contributed by atoms with Gasteiger partial charge in [0, 0.05) is 50.9 Å². The van der Waals surface area contributed by atoms with Gasteiger partial charge >= 0.3 is 0 Å². The first-order chi connectivity index (χ1) is 22.2. The number of nitrogens with one attached hydrogen (secondary N) is 3. The number of likely N-dealkylation sites (N-methyl/N-ethyl adjacent to an activating group) is 1. The summed E-state index contributed by atoms with van der Waals surface area (Å²) in [6.45, 7) is 6.06. The number of fused-ring (bicyclic) bond motifs is 1. The number of halogens is 1. The Hall–Kier alpha value is -4.32. The predicted molar refractivity (Wildman–Crippen MR) is 172 cm³/mol. The van der Waals surface area contributed by atoms with E-state index in [9.17, 15) is 19.2 Å². The smallest absolute Gasteiger partial charge is 0.255 e. The van der Waals surface area contributed by atoms with E-state index < -0.39 is 35.6 Å². The number of pyridine rings is 1. The average Bonchev–Trinajstić information content (AvgIpc) is 3.51. The summed E-state index contributed by atoms with van der Waals surface area (Å²) in [5.41, 5.74) is 1.26. The van der Waals surface area contributed by atoms with Crippen LogP contribution in [0.1, 0.15) is 74.2 Å². The molecule has 1 aliphatic carbocycles. The van der Waals surface area contributed by atoms with Crippen LogP contribution in [0, 0.1) is 11.7 Å². The summed E-state index contributed by atoms with van der Waals surface area (Å²) >= 11 is 0. The van der Waals surface area contributed by atoms with Crippen molar-refractivity contribution < 1.29 is 28.0 Å². The Morgan fingerprint density at radius 1 is 1.04 bits per heavy atom. The molecule has 246 valence electrons. The van der Waals surface area contributed by atoms with Crippen LogP contribution in [0.15, 0.2) is 47.3 Å². The number of amides is 4. The summed E-state index contributed by atoms with van der Waals surface area (Å²) in [5.74, 6) is -2.76. The number of aromatic nitrogens is 1. The zero-order chi connectivity index (χ0) is 32.8. The lowest BCUT2D eigenvalue weighted by Crippen LogP contribution is -2.55. The second kappa shape index (κ2) is 14.8. The van der Waals surface area contributed by atoms with Gasteiger partial charge in [-0.25, -0.2) is 4.39 Å². The van der Waals surface area contributed by atoms with Gasteiger partial charge in [0.1, 0.15) is 29.7 Å². The fourth-order valence-electron chi connectivity index (χ4n) is 6.35. The highest BCUT2D eigenvalue weighted by molar-refractivity contribution is 6.08. The number of nitrogens with zero attached hydrogens (tertiary/aromatic N) is 3. The zero-order valence-electron chi connectivity index (χ0n) is 26.7. The van der Waals surface area contributed by atoms with Gasteiger partial charge in [-0.15, -0.1) is 0 Å². The molecule has 1 aliphatic heterocycles. The van der Waals surface area contributed by atoms with Crippen molar-refractivity contribution >= 4 is 40.3 Å². The Balaban J connectivity index is 1.33. The van der Waals surface area contributed by atoms with Gasteiger partial charge in [0.2, 0.25) is 17.7 Å². The Kier molecular flexibility index (Phi) is 10.7. The highest BCUT2D eigenvalue weighted by Gasteiger charge is 2.34. The molecule has 1 saturated heterocycles. The van der Waals surface area contributed by atoms with Crippen LogP contribution in [-0.4, -0.2) is 83.7 Å². The van der Waals surface area contributed by atoms with E-state index in [2.05, 4.69) is 25.8 Å². The van der Waals surface area contributed by atoms with Gasteiger partial charge in [0.05, 0.1) is 16.6 Å². The highest BCUT2D eigenvalue weighted by atomic mass is 19.1. The van der Waals surface area contributed by atoms with Crippen molar-refractivity contribution in [3.8, 4) is 0 Å². The fraction of sp³-hybridized carbons (Fsp3) is 0.500. The van der Waals surface area contributed by atoms with Gasteiger partial charge in [0.15, 0.2) is 0 Å². The number of furan rings is 1. The van der Waals surface area contributed by atoms with Gasteiger partial charge < -0.3 is 30.2 Å². The van der Waals surface area contributed by atoms with Crippen LogP contribution in [0.2, 0.25) is 0 Å². The van der Waals surface area contributed by atoms with Gasteiger partial charge in [-0.05, 0) is 49.6 Å². The van der Waals surface area contributed by atoms with E-state index in [0.717, 1.165) is 45.2 Å². The van der Waals surface area contributed by atoms with E-state index in [1.807, 2.05) is 7.05 Å². The van der Waals surface area contributed by atoms with Crippen molar-refractivity contribution in [3.05, 3.63) is 59.9 Å².